The molecule has 1 aliphatic carbocycles. The molecule has 1 saturated heterocycles. The number of hydrogen-bond acceptors (Lipinski definition) is 2. The number of hydrogen-bond donors (Lipinski definition) is 1. The van der Waals surface area contributed by atoms with Crippen molar-refractivity contribution in [3.63, 3.8) is 0 Å². The number of nitrogens with zero attached hydrogens (tertiary/aromatic N) is 1. The van der Waals surface area contributed by atoms with Crippen molar-refractivity contribution in [2.24, 2.45) is 0 Å². The molecule has 2 fully saturated rings. The SMILES string of the molecule is CC(C)(C)N(C(=O)O)C1CC2OC2C1. The molecule has 1 amide bonds. The Kier molecular flexibility index (Phi) is 2.00. The molecule has 1 heterocycles. The van der Waals surface area contributed by atoms with Crippen molar-refractivity contribution in [3.8, 4) is 0 Å². The monoisotopic (exact) mass is 199 g/mol. The van der Waals surface area contributed by atoms with Gasteiger partial charge in [0.1, 0.15) is 0 Å². The lowest BCUT2D eigenvalue weighted by atomic mass is 10.0. The molecule has 0 radical (unpaired) electrons. The second kappa shape index (κ2) is 2.86. The van der Waals surface area contributed by atoms with E-state index in [1.165, 1.54) is 0 Å². The lowest BCUT2D eigenvalue weighted by Gasteiger charge is -2.38. The van der Waals surface area contributed by atoms with E-state index in [-0.39, 0.29) is 11.6 Å². The fourth-order valence-electron chi connectivity index (χ4n) is 2.43. The van der Waals surface area contributed by atoms with Gasteiger partial charge in [0, 0.05) is 11.6 Å². The number of rotatable bonds is 1. The summed E-state index contributed by atoms with van der Waals surface area (Å²) < 4.78 is 5.31. The third kappa shape index (κ3) is 1.59. The van der Waals surface area contributed by atoms with Crippen LogP contribution >= 0.6 is 0 Å². The third-order valence-corrected chi connectivity index (χ3v) is 2.99. The molecule has 14 heavy (non-hydrogen) atoms. The minimum Gasteiger partial charge on any atom is -0.465 e. The Morgan fingerprint density at radius 3 is 2.21 bits per heavy atom. The van der Waals surface area contributed by atoms with Crippen molar-refractivity contribution in [2.75, 3.05) is 0 Å². The second-order valence-corrected chi connectivity index (χ2v) is 5.16. The number of ether oxygens (including phenoxy) is 1. The van der Waals surface area contributed by atoms with E-state index in [9.17, 15) is 4.79 Å². The Hall–Kier alpha value is -0.770. The Morgan fingerprint density at radius 2 is 1.86 bits per heavy atom. The predicted molar refractivity (Wildman–Crippen MR) is 51.3 cm³/mol. The first-order valence-corrected chi connectivity index (χ1v) is 5.07. The maximum Gasteiger partial charge on any atom is 0.407 e. The fourth-order valence-corrected chi connectivity index (χ4v) is 2.43. The Balaban J connectivity index is 2.07. The Labute approximate surface area is 83.8 Å². The molecule has 2 aliphatic rings. The van der Waals surface area contributed by atoms with Gasteiger partial charge in [-0.3, -0.25) is 0 Å². The standard InChI is InChI=1S/C10H17NO3/c1-10(2,3)11(9(12)13)6-4-7-8(5-6)14-7/h6-8H,4-5H2,1-3H3,(H,12,13). The Morgan fingerprint density at radius 1 is 1.36 bits per heavy atom. The molecular weight excluding hydrogens is 182 g/mol. The van der Waals surface area contributed by atoms with Crippen LogP contribution in [0.25, 0.3) is 0 Å². The highest BCUT2D eigenvalue weighted by Gasteiger charge is 2.52. The molecule has 0 spiro atoms. The van der Waals surface area contributed by atoms with E-state index in [0.717, 1.165) is 12.8 Å². The first-order valence-electron chi connectivity index (χ1n) is 5.07. The molecule has 1 N–H and O–H groups in total. The summed E-state index contributed by atoms with van der Waals surface area (Å²) in [5.41, 5.74) is -0.312. The van der Waals surface area contributed by atoms with Gasteiger partial charge >= 0.3 is 6.09 Å². The molecule has 2 unspecified atom stereocenters. The van der Waals surface area contributed by atoms with Gasteiger partial charge in [-0.05, 0) is 33.6 Å². The van der Waals surface area contributed by atoms with Crippen LogP contribution in [0.4, 0.5) is 4.79 Å². The quantitative estimate of drug-likeness (QED) is 0.654. The summed E-state index contributed by atoms with van der Waals surface area (Å²) in [4.78, 5) is 12.7. The van der Waals surface area contributed by atoms with E-state index in [2.05, 4.69) is 0 Å². The zero-order valence-corrected chi connectivity index (χ0v) is 8.86. The zero-order chi connectivity index (χ0) is 10.5. The number of carboxylic acid groups (broad SMARTS) is 1. The van der Waals surface area contributed by atoms with Crippen LogP contribution in [-0.2, 0) is 4.74 Å². The van der Waals surface area contributed by atoms with E-state index >= 15 is 0 Å². The van der Waals surface area contributed by atoms with Crippen LogP contribution in [0.2, 0.25) is 0 Å². The van der Waals surface area contributed by atoms with Crippen molar-refractivity contribution >= 4 is 6.09 Å². The minimum absolute atomic E-state index is 0.149. The van der Waals surface area contributed by atoms with Gasteiger partial charge in [0.05, 0.1) is 12.2 Å². The maximum atomic E-state index is 11.1. The average molecular weight is 199 g/mol. The highest BCUT2D eigenvalue weighted by molar-refractivity contribution is 5.66. The van der Waals surface area contributed by atoms with Crippen molar-refractivity contribution < 1.29 is 14.6 Å². The van der Waals surface area contributed by atoms with Gasteiger partial charge in [0.25, 0.3) is 0 Å². The average Bonchev–Trinajstić information content (AvgIpc) is 2.55. The number of carbonyl (C=O) groups is 1. The van der Waals surface area contributed by atoms with Crippen LogP contribution in [0.1, 0.15) is 33.6 Å². The molecular formula is C10H17NO3. The van der Waals surface area contributed by atoms with E-state index < -0.39 is 6.09 Å². The number of amides is 1. The normalized spacial score (nSPS) is 35.2. The number of epoxide rings is 1. The van der Waals surface area contributed by atoms with Crippen LogP contribution in [0.15, 0.2) is 0 Å². The highest BCUT2D eigenvalue weighted by Crippen LogP contribution is 2.42. The van der Waals surface area contributed by atoms with Crippen LogP contribution < -0.4 is 0 Å². The second-order valence-electron chi connectivity index (χ2n) is 5.16. The maximum absolute atomic E-state index is 11.1. The van der Waals surface area contributed by atoms with Crippen molar-refractivity contribution in [1.82, 2.24) is 4.90 Å². The smallest absolute Gasteiger partial charge is 0.407 e. The number of fused-ring (bicyclic) bond motifs is 1. The molecule has 0 bridgehead atoms. The Bertz CT molecular complexity index is 249. The van der Waals surface area contributed by atoms with Gasteiger partial charge in [-0.15, -0.1) is 0 Å². The molecule has 0 aromatic rings. The lowest BCUT2D eigenvalue weighted by molar-refractivity contribution is 0.0591. The summed E-state index contributed by atoms with van der Waals surface area (Å²) in [6, 6.07) is 0.149. The largest absolute Gasteiger partial charge is 0.465 e. The van der Waals surface area contributed by atoms with E-state index in [0.29, 0.717) is 12.2 Å². The lowest BCUT2D eigenvalue weighted by Crippen LogP contribution is -2.50. The molecule has 80 valence electrons. The van der Waals surface area contributed by atoms with Crippen molar-refractivity contribution in [1.29, 1.82) is 0 Å². The molecule has 1 saturated carbocycles. The van der Waals surface area contributed by atoms with Gasteiger partial charge in [-0.2, -0.15) is 0 Å². The van der Waals surface area contributed by atoms with Crippen LogP contribution in [0.3, 0.4) is 0 Å². The van der Waals surface area contributed by atoms with Gasteiger partial charge in [0.15, 0.2) is 0 Å². The molecule has 4 heteroatoms. The summed E-state index contributed by atoms with van der Waals surface area (Å²) in [5.74, 6) is 0. The van der Waals surface area contributed by atoms with Crippen LogP contribution in [-0.4, -0.2) is 39.9 Å². The van der Waals surface area contributed by atoms with E-state index in [1.54, 1.807) is 4.90 Å². The zero-order valence-electron chi connectivity index (χ0n) is 8.86. The van der Waals surface area contributed by atoms with Gasteiger partial charge in [-0.1, -0.05) is 0 Å². The summed E-state index contributed by atoms with van der Waals surface area (Å²) in [6.07, 6.45) is 1.60. The molecule has 0 aromatic heterocycles. The van der Waals surface area contributed by atoms with Crippen molar-refractivity contribution in [3.05, 3.63) is 0 Å². The van der Waals surface area contributed by atoms with Crippen LogP contribution in [0, 0.1) is 0 Å². The first kappa shape index (κ1) is 9.77. The minimum atomic E-state index is -0.816. The topological polar surface area (TPSA) is 53.1 Å². The van der Waals surface area contributed by atoms with Gasteiger partial charge in [-0.25, -0.2) is 4.79 Å². The molecule has 0 aromatic carbocycles. The summed E-state index contributed by atoms with van der Waals surface area (Å²) in [5, 5.41) is 9.16. The fraction of sp³-hybridized carbons (Fsp3) is 0.900. The van der Waals surface area contributed by atoms with E-state index in [4.69, 9.17) is 9.84 Å². The van der Waals surface area contributed by atoms with Gasteiger partial charge < -0.3 is 14.7 Å². The summed E-state index contributed by atoms with van der Waals surface area (Å²) in [6.45, 7) is 5.81. The third-order valence-electron chi connectivity index (χ3n) is 2.99. The molecule has 2 atom stereocenters. The van der Waals surface area contributed by atoms with Crippen molar-refractivity contribution in [2.45, 2.75) is 57.4 Å². The molecule has 4 nitrogen and oxygen atoms in total. The van der Waals surface area contributed by atoms with E-state index in [1.807, 2.05) is 20.8 Å². The van der Waals surface area contributed by atoms with Crippen LogP contribution in [0.5, 0.6) is 0 Å². The summed E-state index contributed by atoms with van der Waals surface area (Å²) in [7, 11) is 0. The summed E-state index contributed by atoms with van der Waals surface area (Å²) >= 11 is 0. The highest BCUT2D eigenvalue weighted by atomic mass is 16.6. The predicted octanol–water partition coefficient (Wildman–Crippen LogP) is 1.69. The molecule has 2 rings (SSSR count). The van der Waals surface area contributed by atoms with Gasteiger partial charge in [0.2, 0.25) is 0 Å². The first-order chi connectivity index (χ1) is 6.39. The molecule has 1 aliphatic heterocycles.